The Morgan fingerprint density at radius 1 is 1.26 bits per heavy atom. The summed E-state index contributed by atoms with van der Waals surface area (Å²) < 4.78 is 5.46. The lowest BCUT2D eigenvalue weighted by molar-refractivity contribution is -0.104. The topological polar surface area (TPSA) is 63.6 Å². The Labute approximate surface area is 111 Å². The number of rotatable bonds is 6. The van der Waals surface area contributed by atoms with Crippen LogP contribution in [0.25, 0.3) is 0 Å². The minimum absolute atomic E-state index is 0.198. The van der Waals surface area contributed by atoms with E-state index < -0.39 is 5.97 Å². The van der Waals surface area contributed by atoms with Gasteiger partial charge >= 0.3 is 5.97 Å². The van der Waals surface area contributed by atoms with Gasteiger partial charge in [-0.2, -0.15) is 0 Å². The molecule has 1 N–H and O–H groups in total. The van der Waals surface area contributed by atoms with Gasteiger partial charge in [-0.15, -0.1) is 0 Å². The van der Waals surface area contributed by atoms with Crippen molar-refractivity contribution in [3.8, 4) is 5.75 Å². The quantitative estimate of drug-likeness (QED) is 0.369. The van der Waals surface area contributed by atoms with Crippen LogP contribution in [0.2, 0.25) is 0 Å². The van der Waals surface area contributed by atoms with Gasteiger partial charge in [-0.1, -0.05) is 12.7 Å². The van der Waals surface area contributed by atoms with Crippen LogP contribution in [0.15, 0.2) is 60.4 Å². The van der Waals surface area contributed by atoms with E-state index in [0.717, 1.165) is 0 Å². The molecule has 0 saturated carbocycles. The first-order valence-electron chi connectivity index (χ1n) is 5.54. The van der Waals surface area contributed by atoms with Gasteiger partial charge in [0.15, 0.2) is 0 Å². The molecule has 0 heterocycles. The van der Waals surface area contributed by atoms with Crippen LogP contribution >= 0.6 is 0 Å². The van der Waals surface area contributed by atoms with E-state index in [0.29, 0.717) is 23.4 Å². The van der Waals surface area contributed by atoms with Gasteiger partial charge in [0, 0.05) is 5.57 Å². The molecular weight excluding hydrogens is 244 g/mol. The van der Waals surface area contributed by atoms with Crippen LogP contribution in [0.4, 0.5) is 0 Å². The van der Waals surface area contributed by atoms with Crippen LogP contribution in [-0.4, -0.2) is 17.4 Å². The van der Waals surface area contributed by atoms with Crippen molar-refractivity contribution in [1.82, 2.24) is 0 Å². The Morgan fingerprint density at radius 2 is 1.89 bits per heavy atom. The SMILES string of the molecule is C=C/C(C=O)=C\C=C(/C)Oc1ccc(C(=O)O)cc1. The summed E-state index contributed by atoms with van der Waals surface area (Å²) in [6.45, 7) is 5.22. The fraction of sp³-hybridized carbons (Fsp3) is 0.0667. The van der Waals surface area contributed by atoms with Gasteiger partial charge in [-0.05, 0) is 43.3 Å². The van der Waals surface area contributed by atoms with Crippen LogP contribution in [0.3, 0.4) is 0 Å². The van der Waals surface area contributed by atoms with Gasteiger partial charge in [-0.25, -0.2) is 4.79 Å². The van der Waals surface area contributed by atoms with Crippen LogP contribution in [0.1, 0.15) is 17.3 Å². The molecule has 0 fully saturated rings. The summed E-state index contributed by atoms with van der Waals surface area (Å²) in [5.74, 6) is 0.117. The zero-order valence-corrected chi connectivity index (χ0v) is 10.5. The smallest absolute Gasteiger partial charge is 0.335 e. The van der Waals surface area contributed by atoms with E-state index in [1.54, 1.807) is 31.2 Å². The van der Waals surface area contributed by atoms with Crippen LogP contribution < -0.4 is 4.74 Å². The molecule has 0 aliphatic rings. The van der Waals surface area contributed by atoms with Crippen molar-refractivity contribution >= 4 is 12.3 Å². The van der Waals surface area contributed by atoms with Gasteiger partial charge < -0.3 is 9.84 Å². The molecule has 0 saturated heterocycles. The summed E-state index contributed by atoms with van der Waals surface area (Å²) in [5.41, 5.74) is 0.646. The van der Waals surface area contributed by atoms with E-state index in [-0.39, 0.29) is 5.56 Å². The lowest BCUT2D eigenvalue weighted by Crippen LogP contribution is -1.96. The van der Waals surface area contributed by atoms with Crippen molar-refractivity contribution in [3.63, 3.8) is 0 Å². The number of carboxylic acids is 1. The average Bonchev–Trinajstić information content (AvgIpc) is 2.40. The number of carboxylic acid groups (broad SMARTS) is 1. The van der Waals surface area contributed by atoms with Crippen molar-refractivity contribution in [2.45, 2.75) is 6.92 Å². The first-order valence-corrected chi connectivity index (χ1v) is 5.54. The highest BCUT2D eigenvalue weighted by Crippen LogP contribution is 2.15. The number of benzene rings is 1. The maximum atomic E-state index is 10.7. The standard InChI is InChI=1S/C15H14O4/c1-3-12(10-16)5-4-11(2)19-14-8-6-13(7-9-14)15(17)18/h3-10H,1H2,2H3,(H,17,18)/b11-4+,12-5+. The summed E-state index contributed by atoms with van der Waals surface area (Å²) >= 11 is 0. The van der Waals surface area contributed by atoms with E-state index in [9.17, 15) is 9.59 Å². The molecular formula is C15H14O4. The zero-order chi connectivity index (χ0) is 14.3. The maximum Gasteiger partial charge on any atom is 0.335 e. The molecule has 0 atom stereocenters. The summed E-state index contributed by atoms with van der Waals surface area (Å²) in [6.07, 6.45) is 5.36. The van der Waals surface area contributed by atoms with Crippen molar-refractivity contribution in [1.29, 1.82) is 0 Å². The number of allylic oxidation sites excluding steroid dienone is 5. The van der Waals surface area contributed by atoms with Crippen molar-refractivity contribution in [2.75, 3.05) is 0 Å². The number of ether oxygens (including phenoxy) is 1. The second-order valence-corrected chi connectivity index (χ2v) is 3.70. The Balaban J connectivity index is 2.76. The number of carbonyl (C=O) groups excluding carboxylic acids is 1. The van der Waals surface area contributed by atoms with Gasteiger partial charge in [0.25, 0.3) is 0 Å². The van der Waals surface area contributed by atoms with E-state index in [2.05, 4.69) is 6.58 Å². The summed E-state index contributed by atoms with van der Waals surface area (Å²) in [5, 5.41) is 8.75. The zero-order valence-electron chi connectivity index (χ0n) is 10.5. The summed E-state index contributed by atoms with van der Waals surface area (Å²) in [4.78, 5) is 21.2. The van der Waals surface area contributed by atoms with E-state index in [1.807, 2.05) is 0 Å². The number of hydrogen-bond acceptors (Lipinski definition) is 3. The molecule has 0 spiro atoms. The van der Waals surface area contributed by atoms with Crippen molar-refractivity contribution < 1.29 is 19.4 Å². The highest BCUT2D eigenvalue weighted by atomic mass is 16.5. The van der Waals surface area contributed by atoms with E-state index in [4.69, 9.17) is 9.84 Å². The molecule has 4 heteroatoms. The van der Waals surface area contributed by atoms with Crippen LogP contribution in [0, 0.1) is 0 Å². The minimum atomic E-state index is -0.983. The van der Waals surface area contributed by atoms with Gasteiger partial charge in [0.1, 0.15) is 17.8 Å². The minimum Gasteiger partial charge on any atom is -0.478 e. The number of aldehydes is 1. The molecule has 98 valence electrons. The molecule has 0 bridgehead atoms. The molecule has 0 amide bonds. The molecule has 4 nitrogen and oxygen atoms in total. The fourth-order valence-corrected chi connectivity index (χ4v) is 1.25. The van der Waals surface area contributed by atoms with E-state index in [1.165, 1.54) is 18.2 Å². The number of aromatic carboxylic acids is 1. The molecule has 19 heavy (non-hydrogen) atoms. The molecule has 0 aromatic heterocycles. The molecule has 0 unspecified atom stereocenters. The van der Waals surface area contributed by atoms with Gasteiger partial charge in [0.05, 0.1) is 5.56 Å². The number of hydrogen-bond donors (Lipinski definition) is 1. The lowest BCUT2D eigenvalue weighted by atomic mass is 10.2. The molecule has 0 radical (unpaired) electrons. The Kier molecular flexibility index (Phi) is 5.29. The third kappa shape index (κ3) is 4.63. The normalized spacial score (nSPS) is 11.8. The lowest BCUT2D eigenvalue weighted by Gasteiger charge is -2.05. The fourth-order valence-electron chi connectivity index (χ4n) is 1.25. The molecule has 1 rings (SSSR count). The molecule has 0 aliphatic heterocycles. The predicted octanol–water partition coefficient (Wildman–Crippen LogP) is 2.98. The number of carbonyl (C=O) groups is 2. The predicted molar refractivity (Wildman–Crippen MR) is 72.1 cm³/mol. The Morgan fingerprint density at radius 3 is 2.37 bits per heavy atom. The first kappa shape index (κ1) is 14.4. The van der Waals surface area contributed by atoms with Crippen LogP contribution in [-0.2, 0) is 4.79 Å². The monoisotopic (exact) mass is 258 g/mol. The van der Waals surface area contributed by atoms with Crippen LogP contribution in [0.5, 0.6) is 5.75 Å². The maximum absolute atomic E-state index is 10.7. The van der Waals surface area contributed by atoms with Crippen molar-refractivity contribution in [2.24, 2.45) is 0 Å². The summed E-state index contributed by atoms with van der Waals surface area (Å²) in [6, 6.07) is 6.06. The van der Waals surface area contributed by atoms with E-state index >= 15 is 0 Å². The van der Waals surface area contributed by atoms with Gasteiger partial charge in [0.2, 0.25) is 0 Å². The molecule has 1 aromatic rings. The highest BCUT2D eigenvalue weighted by Gasteiger charge is 2.02. The summed E-state index contributed by atoms with van der Waals surface area (Å²) in [7, 11) is 0. The second-order valence-electron chi connectivity index (χ2n) is 3.70. The van der Waals surface area contributed by atoms with Gasteiger partial charge in [-0.3, -0.25) is 4.79 Å². The van der Waals surface area contributed by atoms with Crippen molar-refractivity contribution in [3.05, 3.63) is 66.0 Å². The molecule has 1 aromatic carbocycles. The Hall–Kier alpha value is -2.62. The third-order valence-corrected chi connectivity index (χ3v) is 2.26. The third-order valence-electron chi connectivity index (χ3n) is 2.26. The first-order chi connectivity index (χ1) is 9.06. The Bertz CT molecular complexity index is 526. The largest absolute Gasteiger partial charge is 0.478 e. The highest BCUT2D eigenvalue weighted by molar-refractivity contribution is 5.87. The second kappa shape index (κ2) is 6.96. The molecule has 0 aliphatic carbocycles. The average molecular weight is 258 g/mol.